The van der Waals surface area contributed by atoms with Crippen LogP contribution in [0, 0.1) is 0 Å². The standard InChI is InChI=1S/C11H14O.C4H10O3Si/c1-11(2,3)9-6-8-4-5-10(9)12-7-8;1-4(2,7-8)3(5)6/h4-6H,7H2,1-3H3;1-2,8H3,(H,5,6). The summed E-state index contributed by atoms with van der Waals surface area (Å²) in [5.41, 5.74) is 1.83. The third kappa shape index (κ3) is 4.08. The quantitative estimate of drug-likeness (QED) is 0.848. The number of carboxylic acids is 1. The third-order valence-electron chi connectivity index (χ3n) is 3.27. The molecular formula is C15H24O4Si. The van der Waals surface area contributed by atoms with Crippen molar-refractivity contribution in [3.05, 3.63) is 29.3 Å². The van der Waals surface area contributed by atoms with E-state index in [4.69, 9.17) is 14.3 Å². The Kier molecular flexibility index (Phi) is 4.99. The molecule has 0 spiro atoms. The molecule has 0 aliphatic carbocycles. The summed E-state index contributed by atoms with van der Waals surface area (Å²) in [7, 11) is 0.464. The van der Waals surface area contributed by atoms with Crippen molar-refractivity contribution in [1.82, 2.24) is 0 Å². The first-order valence-corrected chi connectivity index (χ1v) is 7.44. The summed E-state index contributed by atoms with van der Waals surface area (Å²) in [4.78, 5) is 10.1. The van der Waals surface area contributed by atoms with E-state index in [2.05, 4.69) is 39.0 Å². The molecule has 3 rings (SSSR count). The zero-order valence-electron chi connectivity index (χ0n) is 13.1. The van der Waals surface area contributed by atoms with E-state index in [1.54, 1.807) is 0 Å². The van der Waals surface area contributed by atoms with Gasteiger partial charge in [0, 0.05) is 0 Å². The van der Waals surface area contributed by atoms with Crippen molar-refractivity contribution >= 4 is 16.5 Å². The van der Waals surface area contributed by atoms with Gasteiger partial charge in [-0.2, -0.15) is 0 Å². The minimum atomic E-state index is -0.980. The molecule has 0 unspecified atom stereocenters. The highest BCUT2D eigenvalue weighted by molar-refractivity contribution is 6.00. The molecule has 0 aromatic heterocycles. The first-order chi connectivity index (χ1) is 9.08. The maximum Gasteiger partial charge on any atom is 0.334 e. The van der Waals surface area contributed by atoms with Crippen molar-refractivity contribution in [1.29, 1.82) is 0 Å². The Morgan fingerprint density at radius 2 is 1.90 bits per heavy atom. The molecule has 2 heterocycles. The Hall–Kier alpha value is -1.33. The number of carbonyl (C=O) groups is 1. The van der Waals surface area contributed by atoms with Crippen LogP contribution in [-0.4, -0.2) is 27.2 Å². The van der Waals surface area contributed by atoms with E-state index in [0.29, 0.717) is 10.5 Å². The normalized spacial score (nSPS) is 13.4. The Bertz CT molecular complexity index is 489. The number of hydrogen-bond donors (Lipinski definition) is 1. The topological polar surface area (TPSA) is 55.8 Å². The van der Waals surface area contributed by atoms with Crippen LogP contribution in [0.3, 0.4) is 0 Å². The molecule has 5 heteroatoms. The lowest BCUT2D eigenvalue weighted by Crippen LogP contribution is -2.33. The first-order valence-electron chi connectivity index (χ1n) is 6.62. The summed E-state index contributed by atoms with van der Waals surface area (Å²) < 4.78 is 10.3. The fourth-order valence-corrected chi connectivity index (χ4v) is 1.80. The Balaban J connectivity index is 0.000000221. The molecule has 2 aliphatic heterocycles. The number of ether oxygens (including phenoxy) is 1. The van der Waals surface area contributed by atoms with Crippen LogP contribution in [0.25, 0.3) is 0 Å². The minimum Gasteiger partial charge on any atom is -0.489 e. The highest BCUT2D eigenvalue weighted by Gasteiger charge is 2.24. The average molecular weight is 296 g/mol. The van der Waals surface area contributed by atoms with Crippen molar-refractivity contribution in [2.45, 2.75) is 52.2 Å². The van der Waals surface area contributed by atoms with E-state index in [9.17, 15) is 4.79 Å². The average Bonchev–Trinajstić information content (AvgIpc) is 2.39. The fourth-order valence-electron chi connectivity index (χ4n) is 1.63. The van der Waals surface area contributed by atoms with Crippen LogP contribution >= 0.6 is 0 Å². The van der Waals surface area contributed by atoms with Gasteiger partial charge in [-0.1, -0.05) is 26.8 Å². The Labute approximate surface area is 123 Å². The lowest BCUT2D eigenvalue weighted by atomic mass is 9.84. The van der Waals surface area contributed by atoms with Crippen molar-refractivity contribution < 1.29 is 19.1 Å². The van der Waals surface area contributed by atoms with Gasteiger partial charge < -0.3 is 14.3 Å². The largest absolute Gasteiger partial charge is 0.489 e. The van der Waals surface area contributed by atoms with Gasteiger partial charge in [0.2, 0.25) is 0 Å². The number of rotatable bonds is 2. The lowest BCUT2D eigenvalue weighted by molar-refractivity contribution is -0.151. The second-order valence-electron chi connectivity index (χ2n) is 6.39. The summed E-state index contributed by atoms with van der Waals surface area (Å²) in [5, 5.41) is 8.34. The monoisotopic (exact) mass is 296 g/mol. The van der Waals surface area contributed by atoms with Crippen LogP contribution in [0.1, 0.15) is 45.7 Å². The SMILES string of the molecule is CC(C)(C)c1cc2ccc1OC2.CC(C)(O[SiH3])C(=O)O. The van der Waals surface area contributed by atoms with Crippen molar-refractivity contribution in [3.63, 3.8) is 0 Å². The zero-order chi connectivity index (χ0) is 15.6. The molecule has 2 bridgehead atoms. The number of hydrogen-bond acceptors (Lipinski definition) is 3. The van der Waals surface area contributed by atoms with Crippen LogP contribution in [-0.2, 0) is 21.2 Å². The highest BCUT2D eigenvalue weighted by Crippen LogP contribution is 2.35. The second-order valence-corrected chi connectivity index (χ2v) is 6.80. The van der Waals surface area contributed by atoms with Crippen LogP contribution < -0.4 is 4.74 Å². The van der Waals surface area contributed by atoms with Crippen molar-refractivity contribution in [2.75, 3.05) is 0 Å². The van der Waals surface area contributed by atoms with Gasteiger partial charge in [-0.05, 0) is 42.5 Å². The summed E-state index contributed by atoms with van der Waals surface area (Å²) >= 11 is 0. The van der Waals surface area contributed by atoms with Gasteiger partial charge in [0.15, 0.2) is 0 Å². The Morgan fingerprint density at radius 3 is 2.05 bits per heavy atom. The number of carboxylic acid groups (broad SMARTS) is 1. The molecule has 0 atom stereocenters. The molecule has 2 aliphatic rings. The molecule has 1 aromatic carbocycles. The zero-order valence-corrected chi connectivity index (χ0v) is 15.1. The van der Waals surface area contributed by atoms with Crippen LogP contribution in [0.4, 0.5) is 0 Å². The summed E-state index contributed by atoms with van der Waals surface area (Å²) in [6.07, 6.45) is 0. The van der Waals surface area contributed by atoms with E-state index in [1.165, 1.54) is 25.0 Å². The highest BCUT2D eigenvalue weighted by atomic mass is 28.2. The predicted octanol–water partition coefficient (Wildman–Crippen LogP) is 2.02. The van der Waals surface area contributed by atoms with Crippen LogP contribution in [0.5, 0.6) is 5.75 Å². The van der Waals surface area contributed by atoms with Gasteiger partial charge in [0.05, 0.1) is 0 Å². The molecule has 4 nitrogen and oxygen atoms in total. The molecule has 0 radical (unpaired) electrons. The maximum absolute atomic E-state index is 10.1. The molecule has 0 fully saturated rings. The second kappa shape index (κ2) is 5.97. The molecule has 1 N–H and O–H groups in total. The van der Waals surface area contributed by atoms with Gasteiger partial charge in [0.25, 0.3) is 0 Å². The number of aliphatic carboxylic acids is 1. The van der Waals surface area contributed by atoms with E-state index < -0.39 is 11.6 Å². The van der Waals surface area contributed by atoms with Gasteiger partial charge in [-0.15, -0.1) is 0 Å². The molecule has 20 heavy (non-hydrogen) atoms. The number of fused-ring (bicyclic) bond motifs is 3. The van der Waals surface area contributed by atoms with Crippen molar-refractivity contribution in [3.8, 4) is 5.75 Å². The summed E-state index contributed by atoms with van der Waals surface area (Å²) in [6, 6.07) is 6.45. The van der Waals surface area contributed by atoms with E-state index >= 15 is 0 Å². The summed E-state index contributed by atoms with van der Waals surface area (Å²) in [5.74, 6) is 0.144. The van der Waals surface area contributed by atoms with E-state index in [0.717, 1.165) is 12.4 Å². The molecular weight excluding hydrogens is 272 g/mol. The van der Waals surface area contributed by atoms with Gasteiger partial charge in [0.1, 0.15) is 28.4 Å². The molecule has 112 valence electrons. The van der Waals surface area contributed by atoms with Crippen LogP contribution in [0.2, 0.25) is 0 Å². The number of benzene rings is 1. The molecule has 0 saturated heterocycles. The van der Waals surface area contributed by atoms with Crippen molar-refractivity contribution in [2.24, 2.45) is 0 Å². The van der Waals surface area contributed by atoms with Gasteiger partial charge in [-0.3, -0.25) is 0 Å². The molecule has 0 amide bonds. The summed E-state index contributed by atoms with van der Waals surface area (Å²) in [6.45, 7) is 10.5. The molecule has 0 saturated carbocycles. The lowest BCUT2D eigenvalue weighted by Gasteiger charge is -2.27. The van der Waals surface area contributed by atoms with Crippen LogP contribution in [0.15, 0.2) is 18.2 Å². The van der Waals surface area contributed by atoms with Gasteiger partial charge in [-0.25, -0.2) is 4.79 Å². The fraction of sp³-hybridized carbons (Fsp3) is 0.533. The van der Waals surface area contributed by atoms with E-state index in [-0.39, 0.29) is 5.41 Å². The van der Waals surface area contributed by atoms with E-state index in [1.807, 2.05) is 0 Å². The maximum atomic E-state index is 10.1. The van der Waals surface area contributed by atoms with Gasteiger partial charge >= 0.3 is 5.97 Å². The minimum absolute atomic E-state index is 0.200. The Morgan fingerprint density at radius 1 is 1.30 bits per heavy atom. The third-order valence-corrected chi connectivity index (χ3v) is 4.29. The first kappa shape index (κ1) is 16.7. The smallest absolute Gasteiger partial charge is 0.334 e. The molecule has 1 aromatic rings. The predicted molar refractivity (Wildman–Crippen MR) is 82.2 cm³/mol.